The summed E-state index contributed by atoms with van der Waals surface area (Å²) in [5, 5.41) is 4.35. The van der Waals surface area contributed by atoms with E-state index < -0.39 is 13.2 Å². The molecule has 1 fully saturated rings. The maximum absolute atomic E-state index is 15.2. The van der Waals surface area contributed by atoms with E-state index in [1.54, 1.807) is 0 Å². The molecule has 2 unspecified atom stereocenters. The summed E-state index contributed by atoms with van der Waals surface area (Å²) in [6.45, 7) is 0. The fourth-order valence-electron chi connectivity index (χ4n) is 4.63. The Kier molecular flexibility index (Phi) is 8.20. The molecular formula is C29H38N3O2P. The maximum atomic E-state index is 15.2. The molecule has 0 spiro atoms. The summed E-state index contributed by atoms with van der Waals surface area (Å²) in [5.41, 5.74) is 4.05. The molecule has 1 aliphatic rings. The summed E-state index contributed by atoms with van der Waals surface area (Å²) in [6.07, 6.45) is 5.38. The summed E-state index contributed by atoms with van der Waals surface area (Å²) in [5.74, 6) is -0.506. The monoisotopic (exact) mass is 491 g/mol. The summed E-state index contributed by atoms with van der Waals surface area (Å²) in [4.78, 5) is 4.12. The van der Waals surface area contributed by atoms with E-state index in [1.807, 2.05) is 82.8 Å². The van der Waals surface area contributed by atoms with Crippen molar-refractivity contribution in [2.75, 3.05) is 43.3 Å². The van der Waals surface area contributed by atoms with Crippen molar-refractivity contribution in [3.63, 3.8) is 0 Å². The Morgan fingerprint density at radius 3 is 1.86 bits per heavy atom. The second-order valence-electron chi connectivity index (χ2n) is 9.77. The predicted octanol–water partition coefficient (Wildman–Crippen LogP) is 6.88. The van der Waals surface area contributed by atoms with Gasteiger partial charge in [0, 0.05) is 50.6 Å². The first-order chi connectivity index (χ1) is 16.9. The second kappa shape index (κ2) is 11.3. The molecule has 35 heavy (non-hydrogen) atoms. The standard InChI is InChI=1S/C29H38N3O2P/c1-31(2)25-17-15-23(16-18-25)29(30-24-11-7-5-8-12-24)35(33,34-27-13-9-6-10-14-27)28-21-19-26(20-22-28)32(3)4/h5,7-8,11-12,15-22,27,29-30H,6,9-10,13-14H2,1-4H3. The molecule has 4 rings (SSSR count). The minimum Gasteiger partial charge on any atom is -0.378 e. The summed E-state index contributed by atoms with van der Waals surface area (Å²) in [6, 6.07) is 26.3. The first-order valence-corrected chi connectivity index (χ1v) is 14.2. The van der Waals surface area contributed by atoms with Gasteiger partial charge >= 0.3 is 0 Å². The number of benzene rings is 3. The van der Waals surface area contributed by atoms with E-state index in [-0.39, 0.29) is 6.10 Å². The van der Waals surface area contributed by atoms with Crippen LogP contribution in [0.3, 0.4) is 0 Å². The van der Waals surface area contributed by atoms with Crippen molar-refractivity contribution in [1.82, 2.24) is 0 Å². The third-order valence-electron chi connectivity index (χ3n) is 6.73. The third-order valence-corrected chi connectivity index (χ3v) is 9.46. The fourth-order valence-corrected chi connectivity index (χ4v) is 7.28. The second-order valence-corrected chi connectivity index (χ2v) is 12.2. The van der Waals surface area contributed by atoms with Crippen LogP contribution in [0.2, 0.25) is 0 Å². The van der Waals surface area contributed by atoms with Gasteiger partial charge in [-0.2, -0.15) is 0 Å². The van der Waals surface area contributed by atoms with Crippen molar-refractivity contribution < 1.29 is 9.09 Å². The molecule has 186 valence electrons. The van der Waals surface area contributed by atoms with E-state index in [9.17, 15) is 0 Å². The lowest BCUT2D eigenvalue weighted by molar-refractivity contribution is 0.159. The molecule has 1 saturated carbocycles. The number of nitrogens with zero attached hydrogens (tertiary/aromatic N) is 2. The van der Waals surface area contributed by atoms with E-state index >= 15 is 4.57 Å². The summed E-state index contributed by atoms with van der Waals surface area (Å²) in [7, 11) is 4.71. The highest BCUT2D eigenvalue weighted by Gasteiger charge is 2.40. The van der Waals surface area contributed by atoms with Crippen LogP contribution in [0.4, 0.5) is 17.1 Å². The molecule has 0 saturated heterocycles. The summed E-state index contributed by atoms with van der Waals surface area (Å²) < 4.78 is 21.9. The van der Waals surface area contributed by atoms with Crippen LogP contribution < -0.4 is 20.4 Å². The Bertz CT molecular complexity index is 1110. The lowest BCUT2D eigenvalue weighted by Gasteiger charge is -2.34. The molecule has 6 heteroatoms. The van der Waals surface area contributed by atoms with E-state index in [2.05, 4.69) is 39.4 Å². The Balaban J connectivity index is 1.80. The number of hydrogen-bond donors (Lipinski definition) is 1. The lowest BCUT2D eigenvalue weighted by Crippen LogP contribution is -2.25. The molecule has 0 heterocycles. The van der Waals surface area contributed by atoms with Gasteiger partial charge in [-0.05, 0) is 66.9 Å². The van der Waals surface area contributed by atoms with Gasteiger partial charge in [0.25, 0.3) is 7.37 Å². The number of rotatable bonds is 9. The van der Waals surface area contributed by atoms with Crippen molar-refractivity contribution in [2.24, 2.45) is 0 Å². The predicted molar refractivity (Wildman–Crippen MR) is 150 cm³/mol. The smallest absolute Gasteiger partial charge is 0.258 e. The lowest BCUT2D eigenvalue weighted by atomic mass is 9.98. The van der Waals surface area contributed by atoms with E-state index in [0.717, 1.165) is 53.6 Å². The third kappa shape index (κ3) is 6.09. The highest BCUT2D eigenvalue weighted by Crippen LogP contribution is 2.60. The fraction of sp³-hybridized carbons (Fsp3) is 0.379. The van der Waals surface area contributed by atoms with Gasteiger partial charge in [-0.3, -0.25) is 4.57 Å². The normalized spacial score (nSPS) is 16.8. The quantitative estimate of drug-likeness (QED) is 0.331. The average molecular weight is 492 g/mol. The minimum atomic E-state index is -3.37. The van der Waals surface area contributed by atoms with Gasteiger partial charge in [0.2, 0.25) is 0 Å². The number of nitrogens with one attached hydrogen (secondary N) is 1. The Morgan fingerprint density at radius 2 is 1.31 bits per heavy atom. The molecule has 0 bridgehead atoms. The molecule has 5 nitrogen and oxygen atoms in total. The largest absolute Gasteiger partial charge is 0.378 e. The molecule has 0 aromatic heterocycles. The molecule has 0 aliphatic heterocycles. The van der Waals surface area contributed by atoms with Gasteiger partial charge in [-0.1, -0.05) is 49.6 Å². The topological polar surface area (TPSA) is 44.8 Å². The van der Waals surface area contributed by atoms with Gasteiger partial charge in [-0.25, -0.2) is 0 Å². The molecule has 3 aromatic rings. The van der Waals surface area contributed by atoms with Crippen molar-refractivity contribution >= 4 is 29.7 Å². The van der Waals surface area contributed by atoms with Gasteiger partial charge < -0.3 is 19.6 Å². The van der Waals surface area contributed by atoms with Crippen LogP contribution in [0, 0.1) is 0 Å². The summed E-state index contributed by atoms with van der Waals surface area (Å²) >= 11 is 0. The molecule has 0 amide bonds. The molecule has 1 aliphatic carbocycles. The van der Waals surface area contributed by atoms with Crippen molar-refractivity contribution in [2.45, 2.75) is 44.0 Å². The van der Waals surface area contributed by atoms with Crippen molar-refractivity contribution in [3.8, 4) is 0 Å². The van der Waals surface area contributed by atoms with E-state index in [0.29, 0.717) is 0 Å². The van der Waals surface area contributed by atoms with Crippen LogP contribution in [-0.2, 0) is 9.09 Å². The Hall–Kier alpha value is -2.75. The van der Waals surface area contributed by atoms with E-state index in [4.69, 9.17) is 4.52 Å². The number of hydrogen-bond acceptors (Lipinski definition) is 5. The zero-order chi connectivity index (χ0) is 24.8. The SMILES string of the molecule is CN(C)c1ccc(C(Nc2ccccc2)P(=O)(OC2CCCCC2)c2ccc(N(C)C)cc2)cc1. The number of anilines is 3. The molecule has 2 atom stereocenters. The zero-order valence-corrected chi connectivity index (χ0v) is 22.2. The molecule has 0 radical (unpaired) electrons. The van der Waals surface area contributed by atoms with Crippen LogP contribution in [0.1, 0.15) is 43.5 Å². The van der Waals surface area contributed by atoms with Gasteiger partial charge in [0.05, 0.1) is 6.10 Å². The van der Waals surface area contributed by atoms with Crippen LogP contribution in [-0.4, -0.2) is 34.3 Å². The zero-order valence-electron chi connectivity index (χ0n) is 21.4. The highest BCUT2D eigenvalue weighted by atomic mass is 31.2. The molecular weight excluding hydrogens is 453 g/mol. The van der Waals surface area contributed by atoms with Gasteiger partial charge in [0.15, 0.2) is 0 Å². The Labute approximate surface area is 210 Å². The maximum Gasteiger partial charge on any atom is 0.258 e. The highest BCUT2D eigenvalue weighted by molar-refractivity contribution is 7.67. The first kappa shape index (κ1) is 25.3. The van der Waals surface area contributed by atoms with Crippen LogP contribution in [0.15, 0.2) is 78.9 Å². The van der Waals surface area contributed by atoms with Gasteiger partial charge in [0.1, 0.15) is 5.78 Å². The molecule has 1 N–H and O–H groups in total. The Morgan fingerprint density at radius 1 is 0.771 bits per heavy atom. The van der Waals surface area contributed by atoms with Crippen molar-refractivity contribution in [1.29, 1.82) is 0 Å². The molecule has 3 aromatic carbocycles. The van der Waals surface area contributed by atoms with E-state index in [1.165, 1.54) is 6.42 Å². The first-order valence-electron chi connectivity index (χ1n) is 12.5. The average Bonchev–Trinajstić information content (AvgIpc) is 2.88. The number of para-hydroxylation sites is 1. The minimum absolute atomic E-state index is 0.00392. The van der Waals surface area contributed by atoms with Crippen LogP contribution >= 0.6 is 7.37 Å². The van der Waals surface area contributed by atoms with Crippen LogP contribution in [0.25, 0.3) is 0 Å². The van der Waals surface area contributed by atoms with Gasteiger partial charge in [-0.15, -0.1) is 0 Å². The van der Waals surface area contributed by atoms with Crippen LogP contribution in [0.5, 0.6) is 0 Å². The van der Waals surface area contributed by atoms with Crippen molar-refractivity contribution in [3.05, 3.63) is 84.4 Å².